The Morgan fingerprint density at radius 2 is 2.20 bits per heavy atom. The Morgan fingerprint density at radius 3 is 2.75 bits per heavy atom. The Bertz CT molecular complexity index is 338. The third kappa shape index (κ3) is 5.34. The van der Waals surface area contributed by atoms with Crippen LogP contribution in [0.1, 0.15) is 20.3 Å². The summed E-state index contributed by atoms with van der Waals surface area (Å²) in [5.74, 6) is -1.13. The lowest BCUT2D eigenvalue weighted by atomic mass is 9.99. The van der Waals surface area contributed by atoms with E-state index >= 15 is 0 Å². The molecular formula is C13H25N3O4. The fraction of sp³-hybridized carbons (Fsp3) is 0.846. The van der Waals surface area contributed by atoms with Gasteiger partial charge in [-0.2, -0.15) is 0 Å². The van der Waals surface area contributed by atoms with Crippen molar-refractivity contribution in [2.45, 2.75) is 32.4 Å². The molecule has 0 aromatic heterocycles. The topological polar surface area (TPSA) is 90.9 Å². The van der Waals surface area contributed by atoms with E-state index in [9.17, 15) is 9.59 Å². The highest BCUT2D eigenvalue weighted by Gasteiger charge is 2.25. The minimum Gasteiger partial charge on any atom is -0.480 e. The molecule has 3 N–H and O–H groups in total. The normalized spacial score (nSPS) is 22.9. The lowest BCUT2D eigenvalue weighted by Gasteiger charge is -2.30. The van der Waals surface area contributed by atoms with Crippen molar-refractivity contribution >= 4 is 12.0 Å². The molecule has 2 unspecified atom stereocenters. The first-order chi connectivity index (χ1) is 9.43. The lowest BCUT2D eigenvalue weighted by Crippen LogP contribution is -2.52. The molecule has 3 atom stereocenters. The van der Waals surface area contributed by atoms with Crippen LogP contribution in [0.3, 0.4) is 0 Å². The van der Waals surface area contributed by atoms with Gasteiger partial charge in [-0.25, -0.2) is 9.59 Å². The number of carboxylic acids is 1. The fourth-order valence-corrected chi connectivity index (χ4v) is 2.07. The quantitative estimate of drug-likeness (QED) is 0.645. The van der Waals surface area contributed by atoms with Crippen LogP contribution in [0, 0.1) is 5.92 Å². The van der Waals surface area contributed by atoms with Crippen LogP contribution >= 0.6 is 0 Å². The van der Waals surface area contributed by atoms with Gasteiger partial charge in [0, 0.05) is 19.6 Å². The van der Waals surface area contributed by atoms with Gasteiger partial charge in [0.15, 0.2) is 0 Å². The van der Waals surface area contributed by atoms with Crippen LogP contribution in [0.4, 0.5) is 4.79 Å². The minimum absolute atomic E-state index is 0.0497. The van der Waals surface area contributed by atoms with Crippen molar-refractivity contribution < 1.29 is 19.4 Å². The molecule has 1 saturated heterocycles. The van der Waals surface area contributed by atoms with Gasteiger partial charge in [-0.15, -0.1) is 0 Å². The maximum Gasteiger partial charge on any atom is 0.326 e. The number of nitrogens with one attached hydrogen (secondary N) is 2. The molecule has 7 nitrogen and oxygen atoms in total. The van der Waals surface area contributed by atoms with Crippen molar-refractivity contribution in [1.82, 2.24) is 15.5 Å². The Balaban J connectivity index is 2.36. The van der Waals surface area contributed by atoms with Gasteiger partial charge in [0.25, 0.3) is 0 Å². The van der Waals surface area contributed by atoms with Crippen molar-refractivity contribution in [3.63, 3.8) is 0 Å². The lowest BCUT2D eigenvalue weighted by molar-refractivity contribution is -0.140. The number of urea groups is 1. The first-order valence-corrected chi connectivity index (χ1v) is 7.01. The number of carbonyl (C=O) groups is 2. The molecule has 2 amide bonds. The Labute approximate surface area is 119 Å². The molecule has 1 heterocycles. The molecular weight excluding hydrogens is 262 g/mol. The van der Waals surface area contributed by atoms with E-state index in [1.54, 1.807) is 6.92 Å². The molecule has 0 aliphatic carbocycles. The Morgan fingerprint density at radius 1 is 1.50 bits per heavy atom. The summed E-state index contributed by atoms with van der Waals surface area (Å²) < 4.78 is 5.52. The highest BCUT2D eigenvalue weighted by Crippen LogP contribution is 2.07. The summed E-state index contributed by atoms with van der Waals surface area (Å²) in [6.07, 6.45) is 0.639. The van der Waals surface area contributed by atoms with Gasteiger partial charge in [0.1, 0.15) is 6.04 Å². The summed E-state index contributed by atoms with van der Waals surface area (Å²) in [7, 11) is 2.00. The van der Waals surface area contributed by atoms with Crippen LogP contribution in [-0.2, 0) is 9.53 Å². The second kappa shape index (κ2) is 8.06. The predicted octanol–water partition coefficient (Wildman–Crippen LogP) is 0.116. The minimum atomic E-state index is -1.01. The first kappa shape index (κ1) is 16.7. The summed E-state index contributed by atoms with van der Waals surface area (Å²) in [6.45, 7) is 6.37. The van der Waals surface area contributed by atoms with E-state index in [2.05, 4.69) is 15.5 Å². The van der Waals surface area contributed by atoms with Crippen molar-refractivity contribution in [1.29, 1.82) is 0 Å². The number of carbonyl (C=O) groups excluding carboxylic acids is 1. The number of hydrogen-bond donors (Lipinski definition) is 3. The van der Waals surface area contributed by atoms with Crippen LogP contribution in [0.2, 0.25) is 0 Å². The predicted molar refractivity (Wildman–Crippen MR) is 74.7 cm³/mol. The molecule has 0 saturated carbocycles. The molecule has 116 valence electrons. The van der Waals surface area contributed by atoms with Crippen molar-refractivity contribution in [3.05, 3.63) is 0 Å². The van der Waals surface area contributed by atoms with Crippen LogP contribution in [0.5, 0.6) is 0 Å². The Kier molecular flexibility index (Phi) is 6.74. The molecule has 7 heteroatoms. The molecule has 1 rings (SSSR count). The first-order valence-electron chi connectivity index (χ1n) is 7.01. The number of rotatable bonds is 6. The smallest absolute Gasteiger partial charge is 0.326 e. The molecule has 0 radical (unpaired) electrons. The van der Waals surface area contributed by atoms with Crippen LogP contribution in [0.25, 0.3) is 0 Å². The fourth-order valence-electron chi connectivity index (χ4n) is 2.07. The van der Waals surface area contributed by atoms with Crippen molar-refractivity contribution in [2.75, 3.05) is 33.3 Å². The summed E-state index contributed by atoms with van der Waals surface area (Å²) >= 11 is 0. The third-order valence-corrected chi connectivity index (χ3v) is 3.60. The molecule has 1 aliphatic rings. The SMILES string of the molecule is CCC(C)[C@H](NC(=O)NCC1CN(C)CCO1)C(=O)O. The highest BCUT2D eigenvalue weighted by atomic mass is 16.5. The van der Waals surface area contributed by atoms with Gasteiger partial charge in [-0.3, -0.25) is 0 Å². The number of likely N-dealkylation sites (N-methyl/N-ethyl adjacent to an activating group) is 1. The number of aliphatic carboxylic acids is 1. The average Bonchev–Trinajstić information content (AvgIpc) is 2.41. The van der Waals surface area contributed by atoms with Gasteiger partial charge in [-0.1, -0.05) is 20.3 Å². The number of ether oxygens (including phenoxy) is 1. The van der Waals surface area contributed by atoms with E-state index in [1.165, 1.54) is 0 Å². The van der Waals surface area contributed by atoms with E-state index in [0.717, 1.165) is 13.1 Å². The summed E-state index contributed by atoms with van der Waals surface area (Å²) in [5.41, 5.74) is 0. The van der Waals surface area contributed by atoms with Crippen LogP contribution < -0.4 is 10.6 Å². The maximum atomic E-state index is 11.7. The molecule has 1 fully saturated rings. The molecule has 20 heavy (non-hydrogen) atoms. The number of morpholine rings is 1. The monoisotopic (exact) mass is 287 g/mol. The molecule has 0 aromatic carbocycles. The number of carboxylic acid groups (broad SMARTS) is 1. The van der Waals surface area contributed by atoms with Crippen molar-refractivity contribution in [2.24, 2.45) is 5.92 Å². The van der Waals surface area contributed by atoms with Gasteiger partial charge in [-0.05, 0) is 13.0 Å². The average molecular weight is 287 g/mol. The highest BCUT2D eigenvalue weighted by molar-refractivity contribution is 5.82. The molecule has 0 spiro atoms. The van der Waals surface area contributed by atoms with E-state index in [4.69, 9.17) is 9.84 Å². The van der Waals surface area contributed by atoms with E-state index < -0.39 is 18.0 Å². The molecule has 0 bridgehead atoms. The zero-order valence-electron chi connectivity index (χ0n) is 12.4. The number of amides is 2. The van der Waals surface area contributed by atoms with Gasteiger partial charge < -0.3 is 25.4 Å². The largest absolute Gasteiger partial charge is 0.480 e. The third-order valence-electron chi connectivity index (χ3n) is 3.60. The standard InChI is InChI=1S/C13H25N3O4/c1-4-9(2)11(12(17)18)15-13(19)14-7-10-8-16(3)5-6-20-10/h9-11H,4-8H2,1-3H3,(H,17,18)(H2,14,15,19)/t9?,10?,11-/m0/s1. The molecule has 1 aliphatic heterocycles. The second-order valence-electron chi connectivity index (χ2n) is 5.31. The van der Waals surface area contributed by atoms with E-state index in [-0.39, 0.29) is 12.0 Å². The molecule has 0 aromatic rings. The summed E-state index contributed by atoms with van der Waals surface area (Å²) in [6, 6.07) is -1.33. The van der Waals surface area contributed by atoms with Gasteiger partial charge in [0.05, 0.1) is 12.7 Å². The second-order valence-corrected chi connectivity index (χ2v) is 5.31. The van der Waals surface area contributed by atoms with Gasteiger partial charge in [0.2, 0.25) is 0 Å². The van der Waals surface area contributed by atoms with Crippen LogP contribution in [-0.4, -0.2) is 67.4 Å². The summed E-state index contributed by atoms with van der Waals surface area (Å²) in [4.78, 5) is 25.0. The zero-order chi connectivity index (χ0) is 15.1. The van der Waals surface area contributed by atoms with Crippen molar-refractivity contribution in [3.8, 4) is 0 Å². The van der Waals surface area contributed by atoms with Crippen LogP contribution in [0.15, 0.2) is 0 Å². The van der Waals surface area contributed by atoms with E-state index in [0.29, 0.717) is 19.6 Å². The number of hydrogen-bond acceptors (Lipinski definition) is 4. The van der Waals surface area contributed by atoms with E-state index in [1.807, 2.05) is 14.0 Å². The summed E-state index contributed by atoms with van der Waals surface area (Å²) in [5, 5.41) is 14.3. The number of nitrogens with zero attached hydrogens (tertiary/aromatic N) is 1. The zero-order valence-corrected chi connectivity index (χ0v) is 12.4. The Hall–Kier alpha value is -1.34. The van der Waals surface area contributed by atoms with Gasteiger partial charge >= 0.3 is 12.0 Å². The maximum absolute atomic E-state index is 11.7.